The van der Waals surface area contributed by atoms with Gasteiger partial charge in [0.2, 0.25) is 15.9 Å². The van der Waals surface area contributed by atoms with Gasteiger partial charge in [-0.15, -0.1) is 6.58 Å². The van der Waals surface area contributed by atoms with E-state index in [1.807, 2.05) is 0 Å². The first kappa shape index (κ1) is 20.7. The number of rotatable bonds is 6. The third-order valence-electron chi connectivity index (χ3n) is 4.28. The number of hydrogen-bond acceptors (Lipinski definition) is 4. The van der Waals surface area contributed by atoms with Crippen LogP contribution in [0.5, 0.6) is 0 Å². The zero-order chi connectivity index (χ0) is 20.5. The van der Waals surface area contributed by atoms with Gasteiger partial charge in [-0.25, -0.2) is 13.3 Å². The average molecular weight is 484 g/mol. The molecular weight excluding hydrogens is 468 g/mol. The zero-order valence-electron chi connectivity index (χ0n) is 14.6. The van der Waals surface area contributed by atoms with Crippen LogP contribution in [0.2, 0.25) is 5.02 Å². The highest BCUT2D eigenvalue weighted by atomic mass is 79.9. The fraction of sp³-hybridized carbons (Fsp3) is 0.158. The summed E-state index contributed by atoms with van der Waals surface area (Å²) in [7, 11) is -4.04. The van der Waals surface area contributed by atoms with Crippen molar-refractivity contribution in [2.24, 2.45) is 0 Å². The van der Waals surface area contributed by atoms with Crippen LogP contribution in [0.3, 0.4) is 0 Å². The Balaban J connectivity index is 1.97. The van der Waals surface area contributed by atoms with Crippen LogP contribution in [0.25, 0.3) is 0 Å². The van der Waals surface area contributed by atoms with E-state index in [0.29, 0.717) is 10.7 Å². The molecule has 0 spiro atoms. The number of sulfonamides is 1. The van der Waals surface area contributed by atoms with Crippen molar-refractivity contribution in [3.8, 4) is 0 Å². The average Bonchev–Trinajstić information content (AvgIpc) is 2.95. The van der Waals surface area contributed by atoms with Gasteiger partial charge in [0.1, 0.15) is 6.04 Å². The largest absolute Gasteiger partial charge is 0.274 e. The lowest BCUT2D eigenvalue weighted by atomic mass is 10.2. The number of amides is 2. The molecule has 1 aliphatic rings. The first-order chi connectivity index (χ1) is 13.3. The molecule has 2 aromatic carbocycles. The van der Waals surface area contributed by atoms with E-state index < -0.39 is 27.9 Å². The predicted molar refractivity (Wildman–Crippen MR) is 111 cm³/mol. The van der Waals surface area contributed by atoms with Gasteiger partial charge in [0.25, 0.3) is 5.91 Å². The van der Waals surface area contributed by atoms with E-state index >= 15 is 0 Å². The van der Waals surface area contributed by atoms with Crippen LogP contribution in [-0.4, -0.2) is 37.1 Å². The third-order valence-corrected chi connectivity index (χ3v) is 6.95. The Labute approximate surface area is 176 Å². The van der Waals surface area contributed by atoms with E-state index in [0.717, 1.165) is 13.7 Å². The highest BCUT2D eigenvalue weighted by Gasteiger charge is 2.46. The molecule has 1 saturated heterocycles. The first-order valence-corrected chi connectivity index (χ1v) is 10.9. The van der Waals surface area contributed by atoms with Gasteiger partial charge in [0, 0.05) is 16.0 Å². The Morgan fingerprint density at radius 1 is 1.14 bits per heavy atom. The van der Waals surface area contributed by atoms with Crippen molar-refractivity contribution < 1.29 is 18.0 Å². The molecule has 146 valence electrons. The molecule has 2 aromatic rings. The summed E-state index contributed by atoms with van der Waals surface area (Å²) in [5.74, 6) is -1.05. The van der Waals surface area contributed by atoms with Crippen LogP contribution in [0.4, 0.5) is 5.69 Å². The highest BCUT2D eigenvalue weighted by Crippen LogP contribution is 2.30. The second-order valence-corrected chi connectivity index (χ2v) is 9.32. The van der Waals surface area contributed by atoms with Crippen molar-refractivity contribution in [1.29, 1.82) is 0 Å². The Bertz CT molecular complexity index is 1020. The van der Waals surface area contributed by atoms with Gasteiger partial charge in [-0.2, -0.15) is 4.31 Å². The number of nitrogens with zero attached hydrogens (tertiary/aromatic N) is 2. The van der Waals surface area contributed by atoms with Gasteiger partial charge in [-0.1, -0.05) is 33.6 Å². The van der Waals surface area contributed by atoms with Crippen molar-refractivity contribution in [1.82, 2.24) is 4.31 Å². The van der Waals surface area contributed by atoms with Crippen LogP contribution >= 0.6 is 27.5 Å². The molecule has 9 heteroatoms. The molecule has 1 unspecified atom stereocenters. The SMILES string of the molecule is C=CCN(C1CC(=O)N(c2ccc(Br)cc2)C1=O)S(=O)(=O)c1ccc(Cl)cc1. The van der Waals surface area contributed by atoms with Gasteiger partial charge in [-0.3, -0.25) is 9.59 Å². The monoisotopic (exact) mass is 482 g/mol. The summed E-state index contributed by atoms with van der Waals surface area (Å²) in [4.78, 5) is 26.5. The third kappa shape index (κ3) is 3.91. The molecule has 0 saturated carbocycles. The molecule has 1 atom stereocenters. The number of carbonyl (C=O) groups excluding carboxylic acids is 2. The smallest absolute Gasteiger partial charge is 0.252 e. The van der Waals surface area contributed by atoms with Crippen LogP contribution < -0.4 is 4.90 Å². The number of imide groups is 1. The molecule has 1 heterocycles. The van der Waals surface area contributed by atoms with Gasteiger partial charge in [0.05, 0.1) is 17.0 Å². The summed E-state index contributed by atoms with van der Waals surface area (Å²) in [5, 5.41) is 0.391. The van der Waals surface area contributed by atoms with Gasteiger partial charge < -0.3 is 0 Å². The lowest BCUT2D eigenvalue weighted by Gasteiger charge is -2.25. The number of halogens is 2. The Morgan fingerprint density at radius 2 is 1.75 bits per heavy atom. The van der Waals surface area contributed by atoms with E-state index in [1.54, 1.807) is 24.3 Å². The van der Waals surface area contributed by atoms with Crippen molar-refractivity contribution in [2.75, 3.05) is 11.4 Å². The standard InChI is InChI=1S/C19H16BrClN2O4S/c1-2-11-22(28(26,27)16-9-5-14(21)6-10-16)17-12-18(24)23(19(17)25)15-7-3-13(20)4-8-15/h2-10,17H,1,11-12H2. The van der Waals surface area contributed by atoms with Crippen LogP contribution in [0.15, 0.2) is 70.6 Å². The van der Waals surface area contributed by atoms with E-state index in [1.165, 1.54) is 30.3 Å². The van der Waals surface area contributed by atoms with E-state index in [2.05, 4.69) is 22.5 Å². The molecule has 2 amide bonds. The fourth-order valence-electron chi connectivity index (χ4n) is 2.96. The van der Waals surface area contributed by atoms with Crippen LogP contribution in [-0.2, 0) is 19.6 Å². The van der Waals surface area contributed by atoms with Crippen molar-refractivity contribution >= 4 is 55.1 Å². The van der Waals surface area contributed by atoms with E-state index in [-0.39, 0.29) is 17.9 Å². The molecule has 3 rings (SSSR count). The minimum atomic E-state index is -4.04. The summed E-state index contributed by atoms with van der Waals surface area (Å²) in [6.07, 6.45) is 1.14. The second kappa shape index (κ2) is 8.16. The van der Waals surface area contributed by atoms with Gasteiger partial charge in [-0.05, 0) is 48.5 Å². The maximum atomic E-state index is 13.1. The maximum Gasteiger partial charge on any atom is 0.252 e. The minimum Gasteiger partial charge on any atom is -0.274 e. The van der Waals surface area contributed by atoms with Crippen molar-refractivity contribution in [2.45, 2.75) is 17.4 Å². The van der Waals surface area contributed by atoms with Crippen LogP contribution in [0, 0.1) is 0 Å². The minimum absolute atomic E-state index is 0.0129. The van der Waals surface area contributed by atoms with Crippen molar-refractivity contribution in [3.05, 3.63) is 70.7 Å². The summed E-state index contributed by atoms with van der Waals surface area (Å²) in [6, 6.07) is 11.1. The molecule has 6 nitrogen and oxygen atoms in total. The normalized spacial score (nSPS) is 17.4. The topological polar surface area (TPSA) is 74.8 Å². The van der Waals surface area contributed by atoms with Crippen LogP contribution in [0.1, 0.15) is 6.42 Å². The quantitative estimate of drug-likeness (QED) is 0.465. The molecule has 0 bridgehead atoms. The fourth-order valence-corrected chi connectivity index (χ4v) is 4.91. The Morgan fingerprint density at radius 3 is 2.32 bits per heavy atom. The number of hydrogen-bond donors (Lipinski definition) is 0. The number of carbonyl (C=O) groups is 2. The van der Waals surface area contributed by atoms with Gasteiger partial charge >= 0.3 is 0 Å². The Kier molecular flexibility index (Phi) is 6.04. The Hall–Kier alpha value is -2.00. The molecule has 0 N–H and O–H groups in total. The van der Waals surface area contributed by atoms with Crippen molar-refractivity contribution in [3.63, 3.8) is 0 Å². The molecule has 0 radical (unpaired) electrons. The molecular formula is C19H16BrClN2O4S. The molecule has 1 fully saturated rings. The number of anilines is 1. The highest BCUT2D eigenvalue weighted by molar-refractivity contribution is 9.10. The molecule has 0 aliphatic carbocycles. The van der Waals surface area contributed by atoms with E-state index in [4.69, 9.17) is 11.6 Å². The molecule has 0 aromatic heterocycles. The summed E-state index contributed by atoms with van der Waals surface area (Å²) in [6.45, 7) is 3.47. The lowest BCUT2D eigenvalue weighted by Crippen LogP contribution is -2.45. The first-order valence-electron chi connectivity index (χ1n) is 8.26. The van der Waals surface area contributed by atoms with E-state index in [9.17, 15) is 18.0 Å². The molecule has 28 heavy (non-hydrogen) atoms. The lowest BCUT2D eigenvalue weighted by molar-refractivity contribution is -0.122. The number of benzene rings is 2. The molecule has 1 aliphatic heterocycles. The zero-order valence-corrected chi connectivity index (χ0v) is 17.7. The predicted octanol–water partition coefficient (Wildman–Crippen LogP) is 3.61. The summed E-state index contributed by atoms with van der Waals surface area (Å²) < 4.78 is 28.0. The summed E-state index contributed by atoms with van der Waals surface area (Å²) >= 11 is 9.14. The second-order valence-electron chi connectivity index (χ2n) is 6.08. The van der Waals surface area contributed by atoms with Gasteiger partial charge in [0.15, 0.2) is 0 Å². The maximum absolute atomic E-state index is 13.1. The summed E-state index contributed by atoms with van der Waals surface area (Å²) in [5.41, 5.74) is 0.392.